The van der Waals surface area contributed by atoms with Crippen LogP contribution in [0.5, 0.6) is 0 Å². The van der Waals surface area contributed by atoms with E-state index in [4.69, 9.17) is 9.97 Å². The first-order valence-electron chi connectivity index (χ1n) is 16.5. The number of nitrogens with zero attached hydrogens (tertiary/aromatic N) is 3. The molecule has 226 valence electrons. The minimum Gasteiger partial charge on any atom is -0.378 e. The van der Waals surface area contributed by atoms with Gasteiger partial charge in [0.05, 0.1) is 23.1 Å². The summed E-state index contributed by atoms with van der Waals surface area (Å²) in [5.41, 5.74) is 10.6. The normalized spacial score (nSPS) is 16.1. The molecule has 47 heavy (non-hydrogen) atoms. The molecule has 0 aliphatic carbocycles. The van der Waals surface area contributed by atoms with Gasteiger partial charge in [0.15, 0.2) is 0 Å². The van der Waals surface area contributed by atoms with Crippen LogP contribution in [0.25, 0.3) is 54.7 Å². The molecule has 5 aromatic carbocycles. The van der Waals surface area contributed by atoms with E-state index >= 15 is 0 Å². The van der Waals surface area contributed by atoms with E-state index in [0.717, 1.165) is 29.9 Å². The second-order valence-electron chi connectivity index (χ2n) is 12.6. The molecule has 0 fully saturated rings. The predicted octanol–water partition coefficient (Wildman–Crippen LogP) is 9.75. The average molecular weight is 607 g/mol. The summed E-state index contributed by atoms with van der Waals surface area (Å²) in [7, 11) is 2.18. The molecule has 1 N–H and O–H groups in total. The Morgan fingerprint density at radius 1 is 0.638 bits per heavy atom. The first-order valence-corrected chi connectivity index (χ1v) is 16.5. The number of nitrogens with one attached hydrogen (secondary N) is 1. The van der Waals surface area contributed by atoms with Crippen molar-refractivity contribution in [1.29, 1.82) is 0 Å². The third kappa shape index (κ3) is 4.44. The summed E-state index contributed by atoms with van der Waals surface area (Å²) in [5, 5.41) is 11.0. The molecular weight excluding hydrogens is 573 g/mol. The Labute approximate surface area is 274 Å². The van der Waals surface area contributed by atoms with Crippen LogP contribution in [0, 0.1) is 0 Å². The van der Waals surface area contributed by atoms with Crippen LogP contribution in [0.3, 0.4) is 0 Å². The molecule has 0 saturated carbocycles. The largest absolute Gasteiger partial charge is 0.378 e. The highest BCUT2D eigenvalue weighted by molar-refractivity contribution is 6.22. The van der Waals surface area contributed by atoms with E-state index in [2.05, 4.69) is 145 Å². The van der Waals surface area contributed by atoms with Gasteiger partial charge >= 0.3 is 0 Å². The number of fused-ring (bicyclic) bond motifs is 4. The fourth-order valence-electron chi connectivity index (χ4n) is 7.75. The van der Waals surface area contributed by atoms with Gasteiger partial charge in [0.2, 0.25) is 0 Å². The van der Waals surface area contributed by atoms with Crippen molar-refractivity contribution >= 4 is 43.6 Å². The molecule has 1 unspecified atom stereocenters. The summed E-state index contributed by atoms with van der Waals surface area (Å²) >= 11 is 0. The van der Waals surface area contributed by atoms with Crippen LogP contribution in [0.4, 0.5) is 0 Å². The molecule has 0 bridgehead atoms. The van der Waals surface area contributed by atoms with Gasteiger partial charge in [0, 0.05) is 48.7 Å². The van der Waals surface area contributed by atoms with Gasteiger partial charge in [0.25, 0.3) is 0 Å². The number of rotatable bonds is 4. The Kier molecular flexibility index (Phi) is 6.60. The number of pyridine rings is 2. The molecular formula is C43H34N4. The molecule has 4 heterocycles. The highest BCUT2D eigenvalue weighted by Crippen LogP contribution is 2.47. The summed E-state index contributed by atoms with van der Waals surface area (Å²) in [6, 6.07) is 41.4. The number of hydrogen-bond acceptors (Lipinski definition) is 4. The predicted molar refractivity (Wildman–Crippen MR) is 195 cm³/mol. The lowest BCUT2D eigenvalue weighted by atomic mass is 9.81. The minimum atomic E-state index is -0.0118. The molecule has 7 aromatic rings. The maximum atomic E-state index is 5.21. The first kappa shape index (κ1) is 27.6. The lowest BCUT2D eigenvalue weighted by molar-refractivity contribution is 0.448. The fraction of sp³-hybridized carbons (Fsp3) is 0.116. The second-order valence-corrected chi connectivity index (χ2v) is 12.6. The van der Waals surface area contributed by atoms with Crippen molar-refractivity contribution in [2.45, 2.75) is 18.9 Å². The molecule has 2 aromatic heterocycles. The zero-order valence-corrected chi connectivity index (χ0v) is 26.3. The number of hydrogen-bond donors (Lipinski definition) is 1. The van der Waals surface area contributed by atoms with E-state index in [-0.39, 0.29) is 6.04 Å². The van der Waals surface area contributed by atoms with Gasteiger partial charge < -0.3 is 10.2 Å². The lowest BCUT2D eigenvalue weighted by Crippen LogP contribution is -2.24. The van der Waals surface area contributed by atoms with Crippen LogP contribution in [-0.4, -0.2) is 28.5 Å². The Balaban J connectivity index is 1.31. The summed E-state index contributed by atoms with van der Waals surface area (Å²) in [6.45, 7) is 1.05. The van der Waals surface area contributed by atoms with Gasteiger partial charge in [-0.25, -0.2) is 0 Å². The summed E-state index contributed by atoms with van der Waals surface area (Å²) in [6.07, 6.45) is 10.8. The smallest absolute Gasteiger partial charge is 0.0941 e. The highest BCUT2D eigenvalue weighted by Gasteiger charge is 2.27. The molecule has 9 rings (SSSR count). The van der Waals surface area contributed by atoms with Gasteiger partial charge in [0.1, 0.15) is 0 Å². The van der Waals surface area contributed by atoms with Crippen LogP contribution >= 0.6 is 0 Å². The summed E-state index contributed by atoms with van der Waals surface area (Å²) in [5.74, 6) is 0. The Bertz CT molecular complexity index is 2330. The average Bonchev–Trinajstić information content (AvgIpc) is 3.14. The monoisotopic (exact) mass is 606 g/mol. The summed E-state index contributed by atoms with van der Waals surface area (Å²) in [4.78, 5) is 12.3. The van der Waals surface area contributed by atoms with Crippen molar-refractivity contribution in [1.82, 2.24) is 20.2 Å². The maximum absolute atomic E-state index is 5.21. The van der Waals surface area contributed by atoms with Crippen molar-refractivity contribution in [3.8, 4) is 11.1 Å². The van der Waals surface area contributed by atoms with Crippen molar-refractivity contribution in [2.24, 2.45) is 0 Å². The van der Waals surface area contributed by atoms with Crippen LogP contribution in [0.2, 0.25) is 0 Å². The Morgan fingerprint density at radius 2 is 1.28 bits per heavy atom. The number of aromatic nitrogens is 2. The van der Waals surface area contributed by atoms with Crippen molar-refractivity contribution in [3.63, 3.8) is 0 Å². The lowest BCUT2D eigenvalue weighted by Gasteiger charge is -2.29. The van der Waals surface area contributed by atoms with Crippen LogP contribution in [0.15, 0.2) is 140 Å². The van der Waals surface area contributed by atoms with Gasteiger partial charge in [-0.15, -0.1) is 0 Å². The molecule has 4 nitrogen and oxygen atoms in total. The van der Waals surface area contributed by atoms with Crippen LogP contribution < -0.4 is 5.32 Å². The Hall–Kier alpha value is -5.74. The van der Waals surface area contributed by atoms with E-state index in [1.165, 1.54) is 72.3 Å². The molecule has 4 heteroatoms. The SMILES string of the molecule is CN1CCCC=C1c1ncc(-c2c3ccccc3c(C3=CNC(c4ccccn4)c4ccccc43)c3ccccc23)c2ccccc12. The minimum absolute atomic E-state index is 0.0118. The third-order valence-electron chi connectivity index (χ3n) is 9.89. The standard InChI is InChI=1S/C43H34N4/c1-47-25-13-11-23-39(47)43-35-21-9-3-15-29(35)37(27-46-43)41-32-18-6-4-16-30(32)40(31-17-5-7-19-33(31)41)36-26-45-42(38-22-10-12-24-44-38)34-20-8-2-14-28(34)36/h2-10,12,14-24,26-27,42,45H,11,13,25H2,1H3. The molecule has 0 amide bonds. The van der Waals surface area contributed by atoms with E-state index in [0.29, 0.717) is 0 Å². The molecule has 2 aliphatic heterocycles. The first-order chi connectivity index (χ1) is 23.3. The second kappa shape index (κ2) is 11.3. The molecule has 0 spiro atoms. The van der Waals surface area contributed by atoms with Gasteiger partial charge in [-0.05, 0) is 74.2 Å². The van der Waals surface area contributed by atoms with E-state index in [1.807, 2.05) is 12.3 Å². The molecule has 1 atom stereocenters. The van der Waals surface area contributed by atoms with E-state index in [1.54, 1.807) is 0 Å². The molecule has 0 radical (unpaired) electrons. The van der Waals surface area contributed by atoms with Crippen molar-refractivity contribution in [2.75, 3.05) is 13.6 Å². The van der Waals surface area contributed by atoms with Crippen LogP contribution in [0.1, 0.15) is 47.0 Å². The molecule has 2 aliphatic rings. The third-order valence-corrected chi connectivity index (χ3v) is 9.89. The number of benzene rings is 5. The molecule has 0 saturated heterocycles. The summed E-state index contributed by atoms with van der Waals surface area (Å²) < 4.78 is 0. The van der Waals surface area contributed by atoms with Crippen molar-refractivity contribution in [3.05, 3.63) is 168 Å². The number of allylic oxidation sites excluding steroid dienone is 1. The van der Waals surface area contributed by atoms with Gasteiger partial charge in [-0.1, -0.05) is 109 Å². The zero-order valence-electron chi connectivity index (χ0n) is 26.3. The van der Waals surface area contributed by atoms with E-state index < -0.39 is 0 Å². The fourth-order valence-corrected chi connectivity index (χ4v) is 7.75. The zero-order chi connectivity index (χ0) is 31.3. The topological polar surface area (TPSA) is 41.1 Å². The maximum Gasteiger partial charge on any atom is 0.0941 e. The van der Waals surface area contributed by atoms with Gasteiger partial charge in [-0.2, -0.15) is 0 Å². The quantitative estimate of drug-likeness (QED) is 0.203. The van der Waals surface area contributed by atoms with Crippen molar-refractivity contribution < 1.29 is 0 Å². The van der Waals surface area contributed by atoms with E-state index in [9.17, 15) is 0 Å². The Morgan fingerprint density at radius 3 is 1.98 bits per heavy atom. The highest BCUT2D eigenvalue weighted by atomic mass is 15.1. The van der Waals surface area contributed by atoms with Crippen LogP contribution in [-0.2, 0) is 0 Å². The van der Waals surface area contributed by atoms with Gasteiger partial charge in [-0.3, -0.25) is 9.97 Å².